The second kappa shape index (κ2) is 5.32. The van der Waals surface area contributed by atoms with Gasteiger partial charge in [-0.3, -0.25) is 4.79 Å². The fraction of sp³-hybridized carbons (Fsp3) is 0.200. The zero-order valence-electron chi connectivity index (χ0n) is 11.1. The molecule has 21 heavy (non-hydrogen) atoms. The fourth-order valence-corrected chi connectivity index (χ4v) is 2.16. The Morgan fingerprint density at radius 2 is 2.19 bits per heavy atom. The molecule has 3 rings (SSSR count). The third kappa shape index (κ3) is 2.89. The van der Waals surface area contributed by atoms with Gasteiger partial charge in [0.05, 0.1) is 5.56 Å². The van der Waals surface area contributed by atoms with Gasteiger partial charge >= 0.3 is 5.97 Å². The Labute approximate surface area is 120 Å². The minimum absolute atomic E-state index is 0.00298. The molecule has 0 atom stereocenters. The van der Waals surface area contributed by atoms with Crippen molar-refractivity contribution < 1.29 is 23.8 Å². The third-order valence-electron chi connectivity index (χ3n) is 3.26. The molecule has 0 spiro atoms. The van der Waals surface area contributed by atoms with Crippen molar-refractivity contribution in [2.24, 2.45) is 0 Å². The summed E-state index contributed by atoms with van der Waals surface area (Å²) < 4.78 is 10.7. The number of carboxylic acid groups (broad SMARTS) is 1. The van der Waals surface area contributed by atoms with E-state index in [1.54, 1.807) is 6.07 Å². The number of carboxylic acids is 1. The number of benzene rings is 1. The van der Waals surface area contributed by atoms with E-state index in [9.17, 15) is 9.59 Å². The average Bonchev–Trinajstić information content (AvgIpc) is 2.93. The normalized spacial score (nSPS) is 13.4. The summed E-state index contributed by atoms with van der Waals surface area (Å²) >= 11 is 0. The molecule has 0 saturated carbocycles. The number of aryl methyl sites for hydroxylation is 1. The quantitative estimate of drug-likeness (QED) is 0.901. The third-order valence-corrected chi connectivity index (χ3v) is 3.26. The van der Waals surface area contributed by atoms with Crippen molar-refractivity contribution in [2.45, 2.75) is 19.4 Å². The lowest BCUT2D eigenvalue weighted by Crippen LogP contribution is -2.18. The number of carbonyl (C=O) groups excluding carboxylic acids is 1. The maximum Gasteiger partial charge on any atom is 0.338 e. The number of aromatic carboxylic acids is 1. The monoisotopic (exact) mass is 287 g/mol. The summed E-state index contributed by atoms with van der Waals surface area (Å²) in [5.41, 5.74) is 1.92. The summed E-state index contributed by atoms with van der Waals surface area (Å²) in [6, 6.07) is 6.90. The van der Waals surface area contributed by atoms with E-state index >= 15 is 0 Å². The molecule has 0 radical (unpaired) electrons. The van der Waals surface area contributed by atoms with Crippen molar-refractivity contribution in [3.63, 3.8) is 0 Å². The SMILES string of the molecule is O=C1CCc2ccc(OCc3cc(C(=O)O)co3)cc2N1. The van der Waals surface area contributed by atoms with Crippen molar-refractivity contribution in [3.8, 4) is 5.75 Å². The molecule has 6 nitrogen and oxygen atoms in total. The molecule has 1 amide bonds. The number of nitrogens with one attached hydrogen (secondary N) is 1. The molecule has 1 aromatic heterocycles. The summed E-state index contributed by atoms with van der Waals surface area (Å²) in [6.45, 7) is 0.125. The van der Waals surface area contributed by atoms with Gasteiger partial charge in [0.2, 0.25) is 5.91 Å². The van der Waals surface area contributed by atoms with Gasteiger partial charge in [-0.05, 0) is 24.1 Å². The minimum Gasteiger partial charge on any atom is -0.486 e. The smallest absolute Gasteiger partial charge is 0.338 e. The number of hydrogen-bond acceptors (Lipinski definition) is 4. The maximum atomic E-state index is 11.4. The highest BCUT2D eigenvalue weighted by atomic mass is 16.5. The maximum absolute atomic E-state index is 11.4. The van der Waals surface area contributed by atoms with E-state index in [1.807, 2.05) is 12.1 Å². The van der Waals surface area contributed by atoms with Crippen LogP contribution in [-0.4, -0.2) is 17.0 Å². The molecule has 6 heteroatoms. The number of anilines is 1. The van der Waals surface area contributed by atoms with Crippen LogP contribution in [-0.2, 0) is 17.8 Å². The molecule has 0 bridgehead atoms. The Morgan fingerprint density at radius 3 is 2.95 bits per heavy atom. The van der Waals surface area contributed by atoms with Gasteiger partial charge in [-0.1, -0.05) is 6.07 Å². The lowest BCUT2D eigenvalue weighted by molar-refractivity contribution is -0.116. The van der Waals surface area contributed by atoms with Crippen LogP contribution in [0.25, 0.3) is 0 Å². The molecule has 2 heterocycles. The van der Waals surface area contributed by atoms with E-state index in [0.717, 1.165) is 17.7 Å². The van der Waals surface area contributed by atoms with Crippen LogP contribution in [0, 0.1) is 0 Å². The summed E-state index contributed by atoms with van der Waals surface area (Å²) in [5.74, 6) is -0.0309. The van der Waals surface area contributed by atoms with Crippen LogP contribution >= 0.6 is 0 Å². The van der Waals surface area contributed by atoms with Crippen molar-refractivity contribution in [2.75, 3.05) is 5.32 Å². The molecular weight excluding hydrogens is 274 g/mol. The van der Waals surface area contributed by atoms with Crippen LogP contribution in [0.15, 0.2) is 34.9 Å². The van der Waals surface area contributed by atoms with E-state index in [0.29, 0.717) is 17.9 Å². The lowest BCUT2D eigenvalue weighted by Gasteiger charge is -2.17. The molecular formula is C15H13NO5. The molecule has 0 fully saturated rings. The highest BCUT2D eigenvalue weighted by Crippen LogP contribution is 2.27. The summed E-state index contributed by atoms with van der Waals surface area (Å²) in [4.78, 5) is 22.1. The van der Waals surface area contributed by atoms with Crippen molar-refractivity contribution in [1.29, 1.82) is 0 Å². The number of amides is 1. The molecule has 108 valence electrons. The van der Waals surface area contributed by atoms with Gasteiger partial charge in [-0.15, -0.1) is 0 Å². The van der Waals surface area contributed by atoms with Crippen LogP contribution in [0.1, 0.15) is 28.1 Å². The number of rotatable bonds is 4. The Kier molecular flexibility index (Phi) is 3.35. The molecule has 0 aliphatic carbocycles. The molecule has 2 aromatic rings. The summed E-state index contributed by atoms with van der Waals surface area (Å²) in [5, 5.41) is 11.6. The minimum atomic E-state index is -1.04. The second-order valence-corrected chi connectivity index (χ2v) is 4.76. The average molecular weight is 287 g/mol. The van der Waals surface area contributed by atoms with Crippen molar-refractivity contribution in [1.82, 2.24) is 0 Å². The van der Waals surface area contributed by atoms with Gasteiger partial charge in [0, 0.05) is 18.2 Å². The standard InChI is InChI=1S/C15H13NO5/c17-14-4-2-9-1-3-11(6-13(9)16-14)21-8-12-5-10(7-20-12)15(18)19/h1,3,5-7H,2,4,8H2,(H,16,17)(H,18,19). The Bertz CT molecular complexity index is 704. The van der Waals surface area contributed by atoms with Gasteiger partial charge in [0.25, 0.3) is 0 Å². The number of fused-ring (bicyclic) bond motifs is 1. The van der Waals surface area contributed by atoms with E-state index in [1.165, 1.54) is 12.3 Å². The van der Waals surface area contributed by atoms with Crippen LogP contribution < -0.4 is 10.1 Å². The van der Waals surface area contributed by atoms with E-state index in [-0.39, 0.29) is 18.1 Å². The number of ether oxygens (including phenoxy) is 1. The zero-order valence-corrected chi connectivity index (χ0v) is 11.1. The van der Waals surface area contributed by atoms with Crippen LogP contribution in [0.3, 0.4) is 0 Å². The summed E-state index contributed by atoms with van der Waals surface area (Å²) in [7, 11) is 0. The Morgan fingerprint density at radius 1 is 1.33 bits per heavy atom. The zero-order chi connectivity index (χ0) is 14.8. The first-order chi connectivity index (χ1) is 10.1. The van der Waals surface area contributed by atoms with Gasteiger partial charge in [0.15, 0.2) is 0 Å². The van der Waals surface area contributed by atoms with E-state index < -0.39 is 5.97 Å². The van der Waals surface area contributed by atoms with Gasteiger partial charge in [0.1, 0.15) is 24.4 Å². The molecule has 1 aliphatic heterocycles. The molecule has 1 aromatic carbocycles. The molecule has 0 saturated heterocycles. The number of carbonyl (C=O) groups is 2. The Hall–Kier alpha value is -2.76. The first kappa shape index (κ1) is 13.2. The van der Waals surface area contributed by atoms with Gasteiger partial charge in [-0.2, -0.15) is 0 Å². The molecule has 1 aliphatic rings. The van der Waals surface area contributed by atoms with Crippen molar-refractivity contribution >= 4 is 17.6 Å². The van der Waals surface area contributed by atoms with Gasteiger partial charge < -0.3 is 19.6 Å². The van der Waals surface area contributed by atoms with E-state index in [2.05, 4.69) is 5.32 Å². The fourth-order valence-electron chi connectivity index (χ4n) is 2.16. The van der Waals surface area contributed by atoms with Gasteiger partial charge in [-0.25, -0.2) is 4.79 Å². The predicted molar refractivity (Wildman–Crippen MR) is 73.4 cm³/mol. The number of hydrogen-bond donors (Lipinski definition) is 2. The summed E-state index contributed by atoms with van der Waals surface area (Å²) in [6.07, 6.45) is 2.40. The predicted octanol–water partition coefficient (Wildman–Crippen LogP) is 2.44. The van der Waals surface area contributed by atoms with Crippen molar-refractivity contribution in [3.05, 3.63) is 47.4 Å². The topological polar surface area (TPSA) is 88.8 Å². The van der Waals surface area contributed by atoms with E-state index in [4.69, 9.17) is 14.3 Å². The van der Waals surface area contributed by atoms with Crippen LogP contribution in [0.5, 0.6) is 5.75 Å². The first-order valence-corrected chi connectivity index (χ1v) is 6.48. The highest BCUT2D eigenvalue weighted by molar-refractivity contribution is 5.94. The van der Waals surface area contributed by atoms with Crippen LogP contribution in [0.2, 0.25) is 0 Å². The molecule has 0 unspecified atom stereocenters. The van der Waals surface area contributed by atoms with Crippen LogP contribution in [0.4, 0.5) is 5.69 Å². The number of furan rings is 1. The Balaban J connectivity index is 1.69. The largest absolute Gasteiger partial charge is 0.486 e. The highest BCUT2D eigenvalue weighted by Gasteiger charge is 2.15. The lowest BCUT2D eigenvalue weighted by atomic mass is 10.0. The second-order valence-electron chi connectivity index (χ2n) is 4.76. The molecule has 2 N–H and O–H groups in total. The first-order valence-electron chi connectivity index (χ1n) is 6.48.